The highest BCUT2D eigenvalue weighted by atomic mass is 16.2. The second-order valence-corrected chi connectivity index (χ2v) is 4.83. The lowest BCUT2D eigenvalue weighted by atomic mass is 10.1. The molecule has 0 spiro atoms. The van der Waals surface area contributed by atoms with E-state index in [9.17, 15) is 9.59 Å². The number of benzene rings is 1. The number of hydrogen-bond donors (Lipinski definition) is 1. The second kappa shape index (κ2) is 8.46. The van der Waals surface area contributed by atoms with E-state index in [1.807, 2.05) is 18.2 Å². The van der Waals surface area contributed by atoms with Gasteiger partial charge >= 0.3 is 0 Å². The molecule has 19 heavy (non-hydrogen) atoms. The molecular weight excluding hydrogens is 238 g/mol. The number of hydrogen-bond acceptors (Lipinski definition) is 2. The van der Waals surface area contributed by atoms with E-state index in [2.05, 4.69) is 12.2 Å². The van der Waals surface area contributed by atoms with E-state index in [4.69, 9.17) is 0 Å². The van der Waals surface area contributed by atoms with Crippen LogP contribution in [-0.4, -0.2) is 17.7 Å². The molecule has 0 bridgehead atoms. The van der Waals surface area contributed by atoms with E-state index in [1.54, 1.807) is 19.1 Å². The zero-order valence-electron chi connectivity index (χ0n) is 11.8. The number of amides is 1. The topological polar surface area (TPSA) is 46.2 Å². The Morgan fingerprint density at radius 2 is 1.79 bits per heavy atom. The van der Waals surface area contributed by atoms with Gasteiger partial charge in [0.25, 0.3) is 0 Å². The fourth-order valence-corrected chi connectivity index (χ4v) is 1.94. The standard InChI is InChI=1S/C16H23NO2/c1-3-4-5-9-12-15(18)17-13(2)16(19)14-10-7-6-8-11-14/h6-8,10-11,13H,3-5,9,12H2,1-2H3,(H,17,18). The maximum atomic E-state index is 12.0. The van der Waals surface area contributed by atoms with Crippen LogP contribution in [0.2, 0.25) is 0 Å². The summed E-state index contributed by atoms with van der Waals surface area (Å²) in [5, 5.41) is 2.77. The highest BCUT2D eigenvalue weighted by Gasteiger charge is 2.16. The molecule has 0 saturated heterocycles. The third kappa shape index (κ3) is 5.69. The van der Waals surface area contributed by atoms with E-state index >= 15 is 0 Å². The Bertz CT molecular complexity index is 400. The average Bonchev–Trinajstić information content (AvgIpc) is 2.43. The SMILES string of the molecule is CCCCCCC(=O)NC(C)C(=O)c1ccccc1. The molecule has 0 aliphatic rings. The van der Waals surface area contributed by atoms with Crippen molar-refractivity contribution in [3.63, 3.8) is 0 Å². The molecule has 0 radical (unpaired) electrons. The summed E-state index contributed by atoms with van der Waals surface area (Å²) in [6.07, 6.45) is 4.79. The van der Waals surface area contributed by atoms with E-state index in [0.717, 1.165) is 25.7 Å². The summed E-state index contributed by atoms with van der Waals surface area (Å²) in [6.45, 7) is 3.87. The lowest BCUT2D eigenvalue weighted by molar-refractivity contribution is -0.121. The van der Waals surface area contributed by atoms with Crippen molar-refractivity contribution in [1.29, 1.82) is 0 Å². The van der Waals surface area contributed by atoms with Crippen molar-refractivity contribution >= 4 is 11.7 Å². The minimum atomic E-state index is -0.457. The maximum absolute atomic E-state index is 12.0. The normalized spacial score (nSPS) is 11.9. The maximum Gasteiger partial charge on any atom is 0.220 e. The fourth-order valence-electron chi connectivity index (χ4n) is 1.94. The molecule has 1 N–H and O–H groups in total. The van der Waals surface area contributed by atoms with Crippen molar-refractivity contribution in [2.75, 3.05) is 0 Å². The Morgan fingerprint density at radius 1 is 1.11 bits per heavy atom. The molecule has 0 saturated carbocycles. The van der Waals surface area contributed by atoms with Gasteiger partial charge in [0.05, 0.1) is 6.04 Å². The van der Waals surface area contributed by atoms with E-state index in [-0.39, 0.29) is 11.7 Å². The molecular formula is C16H23NO2. The molecule has 1 atom stereocenters. The van der Waals surface area contributed by atoms with Crippen molar-refractivity contribution < 1.29 is 9.59 Å². The van der Waals surface area contributed by atoms with Gasteiger partial charge in [-0.1, -0.05) is 56.5 Å². The van der Waals surface area contributed by atoms with Crippen LogP contribution < -0.4 is 5.32 Å². The van der Waals surface area contributed by atoms with Gasteiger partial charge in [0, 0.05) is 12.0 Å². The molecule has 0 aromatic heterocycles. The minimum absolute atomic E-state index is 0.0344. The largest absolute Gasteiger partial charge is 0.346 e. The van der Waals surface area contributed by atoms with Gasteiger partial charge in [0.1, 0.15) is 0 Å². The Hall–Kier alpha value is -1.64. The van der Waals surface area contributed by atoms with Crippen LogP contribution in [0.1, 0.15) is 56.3 Å². The first-order chi connectivity index (χ1) is 9.15. The molecule has 3 heteroatoms. The van der Waals surface area contributed by atoms with Gasteiger partial charge in [0.2, 0.25) is 5.91 Å². The van der Waals surface area contributed by atoms with Crippen LogP contribution in [0.15, 0.2) is 30.3 Å². The molecule has 1 rings (SSSR count). The van der Waals surface area contributed by atoms with Gasteiger partial charge in [-0.05, 0) is 13.3 Å². The summed E-state index contributed by atoms with van der Waals surface area (Å²) in [5.74, 6) is -0.0737. The third-order valence-corrected chi connectivity index (χ3v) is 3.09. The number of unbranched alkanes of at least 4 members (excludes halogenated alkanes) is 3. The van der Waals surface area contributed by atoms with Crippen LogP contribution in [0.5, 0.6) is 0 Å². The number of ketones is 1. The molecule has 1 aromatic rings. The van der Waals surface area contributed by atoms with Gasteiger partial charge in [-0.2, -0.15) is 0 Å². The first-order valence-corrected chi connectivity index (χ1v) is 7.03. The zero-order chi connectivity index (χ0) is 14.1. The smallest absolute Gasteiger partial charge is 0.220 e. The van der Waals surface area contributed by atoms with Gasteiger partial charge in [-0.3, -0.25) is 9.59 Å². The number of carbonyl (C=O) groups excluding carboxylic acids is 2. The highest BCUT2D eigenvalue weighted by Crippen LogP contribution is 2.05. The molecule has 3 nitrogen and oxygen atoms in total. The number of Topliss-reactive ketones (excluding diaryl/α,β-unsaturated/α-hetero) is 1. The molecule has 0 aliphatic carbocycles. The molecule has 0 aliphatic heterocycles. The van der Waals surface area contributed by atoms with Crippen molar-refractivity contribution in [2.45, 2.75) is 52.0 Å². The summed E-state index contributed by atoms with van der Waals surface area (Å²) >= 11 is 0. The zero-order valence-corrected chi connectivity index (χ0v) is 11.8. The molecule has 0 heterocycles. The summed E-state index contributed by atoms with van der Waals surface area (Å²) in [6, 6.07) is 8.60. The third-order valence-electron chi connectivity index (χ3n) is 3.09. The summed E-state index contributed by atoms with van der Waals surface area (Å²) < 4.78 is 0. The summed E-state index contributed by atoms with van der Waals surface area (Å²) in [5.41, 5.74) is 0.640. The van der Waals surface area contributed by atoms with Crippen molar-refractivity contribution in [1.82, 2.24) is 5.32 Å². The van der Waals surface area contributed by atoms with Gasteiger partial charge < -0.3 is 5.32 Å². The van der Waals surface area contributed by atoms with Crippen LogP contribution in [0.4, 0.5) is 0 Å². The predicted molar refractivity (Wildman–Crippen MR) is 77.1 cm³/mol. The molecule has 104 valence electrons. The average molecular weight is 261 g/mol. The number of carbonyl (C=O) groups is 2. The fraction of sp³-hybridized carbons (Fsp3) is 0.500. The Kier molecular flexibility index (Phi) is 6.86. The Balaban J connectivity index is 2.36. The molecule has 1 amide bonds. The Labute approximate surface area is 115 Å². The predicted octanol–water partition coefficient (Wildman–Crippen LogP) is 3.34. The Morgan fingerprint density at radius 3 is 2.42 bits per heavy atom. The van der Waals surface area contributed by atoms with E-state index < -0.39 is 6.04 Å². The summed E-state index contributed by atoms with van der Waals surface area (Å²) in [7, 11) is 0. The lowest BCUT2D eigenvalue weighted by Crippen LogP contribution is -2.38. The van der Waals surface area contributed by atoms with Crippen LogP contribution in [0.3, 0.4) is 0 Å². The molecule has 1 aromatic carbocycles. The van der Waals surface area contributed by atoms with Crippen molar-refractivity contribution in [2.24, 2.45) is 0 Å². The van der Waals surface area contributed by atoms with E-state index in [0.29, 0.717) is 12.0 Å². The van der Waals surface area contributed by atoms with Crippen LogP contribution in [0.25, 0.3) is 0 Å². The lowest BCUT2D eigenvalue weighted by Gasteiger charge is -2.12. The quantitative estimate of drug-likeness (QED) is 0.576. The van der Waals surface area contributed by atoms with Crippen LogP contribution in [0, 0.1) is 0 Å². The molecule has 0 fully saturated rings. The van der Waals surface area contributed by atoms with Gasteiger partial charge in [-0.25, -0.2) is 0 Å². The van der Waals surface area contributed by atoms with E-state index in [1.165, 1.54) is 0 Å². The van der Waals surface area contributed by atoms with Crippen molar-refractivity contribution in [3.05, 3.63) is 35.9 Å². The van der Waals surface area contributed by atoms with Gasteiger partial charge in [-0.15, -0.1) is 0 Å². The van der Waals surface area contributed by atoms with Crippen LogP contribution in [-0.2, 0) is 4.79 Å². The minimum Gasteiger partial charge on any atom is -0.346 e. The first kappa shape index (κ1) is 15.4. The highest BCUT2D eigenvalue weighted by molar-refractivity contribution is 6.01. The molecule has 1 unspecified atom stereocenters. The second-order valence-electron chi connectivity index (χ2n) is 4.83. The van der Waals surface area contributed by atoms with Gasteiger partial charge in [0.15, 0.2) is 5.78 Å². The summed E-state index contributed by atoms with van der Waals surface area (Å²) in [4.78, 5) is 23.7. The van der Waals surface area contributed by atoms with Crippen LogP contribution >= 0.6 is 0 Å². The number of rotatable bonds is 8. The number of nitrogens with one attached hydrogen (secondary N) is 1. The first-order valence-electron chi connectivity index (χ1n) is 7.03. The van der Waals surface area contributed by atoms with Crippen molar-refractivity contribution in [3.8, 4) is 0 Å². The monoisotopic (exact) mass is 261 g/mol.